The minimum atomic E-state index is -0.566. The molecule has 26 heavy (non-hydrogen) atoms. The third-order valence-corrected chi connectivity index (χ3v) is 4.88. The summed E-state index contributed by atoms with van der Waals surface area (Å²) in [7, 11) is 0. The van der Waals surface area contributed by atoms with Gasteiger partial charge in [-0.2, -0.15) is 0 Å². The summed E-state index contributed by atoms with van der Waals surface area (Å²) in [4.78, 5) is 16.6. The van der Waals surface area contributed by atoms with E-state index in [0.29, 0.717) is 31.1 Å². The fraction of sp³-hybridized carbons (Fsp3) is 0.350. The molecular weight excluding hydrogens is 353 g/mol. The molecule has 1 aliphatic rings. The maximum absolute atomic E-state index is 13.3. The maximum Gasteiger partial charge on any atom is 0.239 e. The average Bonchev–Trinajstić information content (AvgIpc) is 2.62. The van der Waals surface area contributed by atoms with E-state index in [1.807, 2.05) is 29.2 Å². The largest absolute Gasteiger partial charge is 0.339 e. The summed E-state index contributed by atoms with van der Waals surface area (Å²) in [6.45, 7) is 3.47. The molecule has 1 aliphatic heterocycles. The van der Waals surface area contributed by atoms with Crippen LogP contribution in [-0.2, 0) is 17.8 Å². The van der Waals surface area contributed by atoms with Crippen molar-refractivity contribution in [1.29, 1.82) is 0 Å². The standard InChI is InChI=1S/C20H23ClFN3O/c21-17-5-1-3-15(11-17)13-19(23)20(26)25-9-7-24(8-10-25)14-16-4-2-6-18(22)12-16/h1-6,11-12,19H,7-10,13-14,23H2. The van der Waals surface area contributed by atoms with E-state index in [9.17, 15) is 9.18 Å². The quantitative estimate of drug-likeness (QED) is 0.874. The molecule has 1 atom stereocenters. The maximum atomic E-state index is 13.3. The van der Waals surface area contributed by atoms with Gasteiger partial charge in [-0.1, -0.05) is 35.9 Å². The second kappa shape index (κ2) is 8.62. The zero-order chi connectivity index (χ0) is 18.5. The van der Waals surface area contributed by atoms with Crippen LogP contribution in [0.2, 0.25) is 5.02 Å². The van der Waals surface area contributed by atoms with Crippen molar-refractivity contribution >= 4 is 17.5 Å². The number of nitrogens with zero attached hydrogens (tertiary/aromatic N) is 2. The van der Waals surface area contributed by atoms with Crippen molar-refractivity contribution < 1.29 is 9.18 Å². The van der Waals surface area contributed by atoms with Crippen LogP contribution in [0.4, 0.5) is 4.39 Å². The molecule has 1 unspecified atom stereocenters. The van der Waals surface area contributed by atoms with E-state index in [2.05, 4.69) is 4.90 Å². The topological polar surface area (TPSA) is 49.6 Å². The Labute approximate surface area is 158 Å². The first kappa shape index (κ1) is 18.8. The number of halogens is 2. The van der Waals surface area contributed by atoms with Crippen molar-refractivity contribution in [3.63, 3.8) is 0 Å². The van der Waals surface area contributed by atoms with Gasteiger partial charge in [0.05, 0.1) is 6.04 Å². The predicted molar refractivity (Wildman–Crippen MR) is 101 cm³/mol. The molecule has 1 fully saturated rings. The molecular formula is C20H23ClFN3O. The minimum absolute atomic E-state index is 0.0321. The number of hydrogen-bond acceptors (Lipinski definition) is 3. The van der Waals surface area contributed by atoms with Gasteiger partial charge in [-0.25, -0.2) is 4.39 Å². The van der Waals surface area contributed by atoms with E-state index < -0.39 is 6.04 Å². The van der Waals surface area contributed by atoms with Gasteiger partial charge >= 0.3 is 0 Å². The van der Waals surface area contributed by atoms with Crippen molar-refractivity contribution in [3.05, 3.63) is 70.5 Å². The number of amides is 1. The van der Waals surface area contributed by atoms with Crippen LogP contribution in [0.3, 0.4) is 0 Å². The highest BCUT2D eigenvalue weighted by Gasteiger charge is 2.25. The second-order valence-corrected chi connectivity index (χ2v) is 7.11. The smallest absolute Gasteiger partial charge is 0.239 e. The zero-order valence-electron chi connectivity index (χ0n) is 14.6. The first-order valence-corrected chi connectivity index (χ1v) is 9.14. The van der Waals surface area contributed by atoms with Crippen molar-refractivity contribution in [2.24, 2.45) is 5.73 Å². The Hall–Kier alpha value is -1.95. The zero-order valence-corrected chi connectivity index (χ0v) is 15.3. The van der Waals surface area contributed by atoms with E-state index in [1.165, 1.54) is 6.07 Å². The molecule has 2 aromatic carbocycles. The minimum Gasteiger partial charge on any atom is -0.339 e. The lowest BCUT2D eigenvalue weighted by Crippen LogP contribution is -2.53. The summed E-state index contributed by atoms with van der Waals surface area (Å²) < 4.78 is 13.3. The van der Waals surface area contributed by atoms with Crippen LogP contribution in [0, 0.1) is 5.82 Å². The summed E-state index contributed by atoms with van der Waals surface area (Å²) in [5.74, 6) is -0.251. The van der Waals surface area contributed by atoms with Gasteiger partial charge in [0.25, 0.3) is 0 Å². The lowest BCUT2D eigenvalue weighted by Gasteiger charge is -2.36. The number of rotatable bonds is 5. The Morgan fingerprint density at radius 2 is 1.77 bits per heavy atom. The van der Waals surface area contributed by atoms with Crippen molar-refractivity contribution in [2.45, 2.75) is 19.0 Å². The third-order valence-electron chi connectivity index (χ3n) is 4.64. The molecule has 0 radical (unpaired) electrons. The highest BCUT2D eigenvalue weighted by Crippen LogP contribution is 2.14. The molecule has 3 rings (SSSR count). The number of carbonyl (C=O) groups excluding carboxylic acids is 1. The fourth-order valence-electron chi connectivity index (χ4n) is 3.26. The Morgan fingerprint density at radius 3 is 2.46 bits per heavy atom. The van der Waals surface area contributed by atoms with Crippen molar-refractivity contribution in [1.82, 2.24) is 9.80 Å². The normalized spacial score (nSPS) is 16.5. The number of hydrogen-bond donors (Lipinski definition) is 1. The SMILES string of the molecule is NC(Cc1cccc(Cl)c1)C(=O)N1CCN(Cc2cccc(F)c2)CC1. The Morgan fingerprint density at radius 1 is 1.08 bits per heavy atom. The lowest BCUT2D eigenvalue weighted by molar-refractivity contribution is -0.134. The molecule has 138 valence electrons. The molecule has 4 nitrogen and oxygen atoms in total. The average molecular weight is 376 g/mol. The molecule has 1 heterocycles. The molecule has 1 amide bonds. The van der Waals surface area contributed by atoms with Crippen LogP contribution in [-0.4, -0.2) is 47.9 Å². The van der Waals surface area contributed by atoms with Gasteiger partial charge in [-0.3, -0.25) is 9.69 Å². The van der Waals surface area contributed by atoms with Crippen LogP contribution in [0.15, 0.2) is 48.5 Å². The first-order chi connectivity index (χ1) is 12.5. The van der Waals surface area contributed by atoms with E-state index in [-0.39, 0.29) is 11.7 Å². The molecule has 0 aliphatic carbocycles. The van der Waals surface area contributed by atoms with Gasteiger partial charge in [-0.15, -0.1) is 0 Å². The predicted octanol–water partition coefficient (Wildman–Crippen LogP) is 2.69. The summed E-state index contributed by atoms with van der Waals surface area (Å²) in [6.07, 6.45) is 0.475. The van der Waals surface area contributed by atoms with Crippen LogP contribution in [0.1, 0.15) is 11.1 Å². The molecule has 2 N–H and O–H groups in total. The molecule has 0 aromatic heterocycles. The molecule has 0 bridgehead atoms. The number of piperazine rings is 1. The highest BCUT2D eigenvalue weighted by molar-refractivity contribution is 6.30. The van der Waals surface area contributed by atoms with Gasteiger partial charge in [0.15, 0.2) is 0 Å². The highest BCUT2D eigenvalue weighted by atomic mass is 35.5. The Kier molecular flexibility index (Phi) is 6.25. The van der Waals surface area contributed by atoms with E-state index >= 15 is 0 Å². The Balaban J connectivity index is 1.50. The number of carbonyl (C=O) groups is 1. The monoisotopic (exact) mass is 375 g/mol. The van der Waals surface area contributed by atoms with Crippen molar-refractivity contribution in [2.75, 3.05) is 26.2 Å². The fourth-order valence-corrected chi connectivity index (χ4v) is 3.47. The van der Waals surface area contributed by atoms with Crippen LogP contribution in [0.5, 0.6) is 0 Å². The molecule has 2 aromatic rings. The third kappa shape index (κ3) is 5.04. The first-order valence-electron chi connectivity index (χ1n) is 8.77. The van der Waals surface area contributed by atoms with Crippen LogP contribution < -0.4 is 5.73 Å². The molecule has 1 saturated heterocycles. The van der Waals surface area contributed by atoms with Crippen molar-refractivity contribution in [3.8, 4) is 0 Å². The lowest BCUT2D eigenvalue weighted by atomic mass is 10.1. The van der Waals surface area contributed by atoms with E-state index in [0.717, 1.165) is 24.2 Å². The Bertz CT molecular complexity index is 762. The number of nitrogens with two attached hydrogens (primary N) is 1. The van der Waals surface area contributed by atoms with E-state index in [1.54, 1.807) is 18.2 Å². The number of benzene rings is 2. The van der Waals surface area contributed by atoms with Gasteiger partial charge in [-0.05, 0) is 41.8 Å². The van der Waals surface area contributed by atoms with Gasteiger partial charge < -0.3 is 10.6 Å². The van der Waals surface area contributed by atoms with Crippen LogP contribution in [0.25, 0.3) is 0 Å². The summed E-state index contributed by atoms with van der Waals surface area (Å²) in [6, 6.07) is 13.5. The van der Waals surface area contributed by atoms with Crippen LogP contribution >= 0.6 is 11.6 Å². The summed E-state index contributed by atoms with van der Waals surface area (Å²) >= 11 is 5.98. The van der Waals surface area contributed by atoms with Gasteiger partial charge in [0.1, 0.15) is 5.82 Å². The second-order valence-electron chi connectivity index (χ2n) is 6.67. The van der Waals surface area contributed by atoms with Gasteiger partial charge in [0.2, 0.25) is 5.91 Å². The molecule has 0 saturated carbocycles. The molecule has 6 heteroatoms. The van der Waals surface area contributed by atoms with E-state index in [4.69, 9.17) is 17.3 Å². The summed E-state index contributed by atoms with van der Waals surface area (Å²) in [5, 5.41) is 0.646. The van der Waals surface area contributed by atoms with Gasteiger partial charge in [0, 0.05) is 37.7 Å². The summed E-state index contributed by atoms with van der Waals surface area (Å²) in [5.41, 5.74) is 8.02. The molecule has 0 spiro atoms.